The molecule has 6 heteroatoms. The fourth-order valence-electron chi connectivity index (χ4n) is 2.28. The van der Waals surface area contributed by atoms with E-state index in [1.165, 1.54) is 17.4 Å². The van der Waals surface area contributed by atoms with Gasteiger partial charge in [-0.1, -0.05) is 32.8 Å². The van der Waals surface area contributed by atoms with Crippen LogP contribution in [-0.2, 0) is 0 Å². The molecule has 0 bridgehead atoms. The average Bonchev–Trinajstić information content (AvgIpc) is 3.01. The number of hydrogen-bond donors (Lipinski definition) is 1. The van der Waals surface area contributed by atoms with Crippen LogP contribution in [0.25, 0.3) is 5.69 Å². The maximum absolute atomic E-state index is 12.3. The third-order valence-corrected chi connectivity index (χ3v) is 3.52. The lowest BCUT2D eigenvalue weighted by Crippen LogP contribution is -2.32. The molecular formula is C16H23N5O. The van der Waals surface area contributed by atoms with Gasteiger partial charge in [0.15, 0.2) is 0 Å². The van der Waals surface area contributed by atoms with Gasteiger partial charge in [0, 0.05) is 11.6 Å². The van der Waals surface area contributed by atoms with E-state index in [1.54, 1.807) is 12.1 Å². The second-order valence-electron chi connectivity index (χ2n) is 6.00. The van der Waals surface area contributed by atoms with Crippen LogP contribution in [0.2, 0.25) is 0 Å². The molecule has 0 radical (unpaired) electrons. The maximum Gasteiger partial charge on any atom is 0.251 e. The topological polar surface area (TPSA) is 72.7 Å². The monoisotopic (exact) mass is 301 g/mol. The van der Waals surface area contributed by atoms with E-state index in [0.29, 0.717) is 11.5 Å². The normalized spacial score (nSPS) is 12.4. The summed E-state index contributed by atoms with van der Waals surface area (Å²) < 4.78 is 1.53. The summed E-state index contributed by atoms with van der Waals surface area (Å²) in [6, 6.07) is 7.44. The summed E-state index contributed by atoms with van der Waals surface area (Å²) in [5.74, 6) is 0.642. The van der Waals surface area contributed by atoms with Crippen molar-refractivity contribution in [3.63, 3.8) is 0 Å². The van der Waals surface area contributed by atoms with Crippen LogP contribution >= 0.6 is 0 Å². The minimum absolute atomic E-state index is 0.0630. The highest BCUT2D eigenvalue weighted by molar-refractivity contribution is 5.94. The summed E-state index contributed by atoms with van der Waals surface area (Å²) in [5.41, 5.74) is 1.38. The summed E-state index contributed by atoms with van der Waals surface area (Å²) in [6.45, 7) is 6.48. The second kappa shape index (κ2) is 7.68. The Kier molecular flexibility index (Phi) is 5.63. The summed E-state index contributed by atoms with van der Waals surface area (Å²) >= 11 is 0. The number of carbonyl (C=O) groups excluding carboxylic acids is 1. The molecule has 0 aliphatic heterocycles. The molecule has 0 saturated heterocycles. The molecule has 1 aromatic heterocycles. The maximum atomic E-state index is 12.3. The first-order valence-corrected chi connectivity index (χ1v) is 7.70. The van der Waals surface area contributed by atoms with E-state index in [1.807, 2.05) is 19.1 Å². The zero-order chi connectivity index (χ0) is 15.9. The molecule has 118 valence electrons. The van der Waals surface area contributed by atoms with Gasteiger partial charge in [-0.15, -0.1) is 5.10 Å². The van der Waals surface area contributed by atoms with Crippen molar-refractivity contribution in [1.29, 1.82) is 0 Å². The van der Waals surface area contributed by atoms with Gasteiger partial charge in [-0.3, -0.25) is 4.79 Å². The predicted octanol–water partition coefficient (Wildman–Crippen LogP) is 2.61. The number of aromatic nitrogens is 4. The number of tetrazole rings is 1. The van der Waals surface area contributed by atoms with Crippen molar-refractivity contribution in [2.75, 3.05) is 0 Å². The Morgan fingerprint density at radius 1 is 1.27 bits per heavy atom. The highest BCUT2D eigenvalue weighted by Gasteiger charge is 2.11. The van der Waals surface area contributed by atoms with Crippen molar-refractivity contribution < 1.29 is 4.79 Å². The zero-order valence-electron chi connectivity index (χ0n) is 13.4. The third kappa shape index (κ3) is 4.65. The Morgan fingerprint density at radius 2 is 2.09 bits per heavy atom. The molecule has 2 rings (SSSR count). The number of benzene rings is 1. The highest BCUT2D eigenvalue weighted by atomic mass is 16.1. The Labute approximate surface area is 130 Å². The SMILES string of the molecule is CC(C)CCC[C@H](C)NC(=O)c1cccc(-n2cnnn2)c1. The van der Waals surface area contributed by atoms with Gasteiger partial charge in [-0.05, 0) is 47.9 Å². The molecule has 0 saturated carbocycles. The summed E-state index contributed by atoms with van der Waals surface area (Å²) in [4.78, 5) is 12.3. The van der Waals surface area contributed by atoms with E-state index >= 15 is 0 Å². The summed E-state index contributed by atoms with van der Waals surface area (Å²) in [7, 11) is 0. The lowest BCUT2D eigenvalue weighted by atomic mass is 10.0. The highest BCUT2D eigenvalue weighted by Crippen LogP contribution is 2.11. The van der Waals surface area contributed by atoms with E-state index in [-0.39, 0.29) is 11.9 Å². The minimum atomic E-state index is -0.0630. The zero-order valence-corrected chi connectivity index (χ0v) is 13.4. The molecule has 0 aliphatic carbocycles. The summed E-state index contributed by atoms with van der Waals surface area (Å²) in [6.07, 6.45) is 4.82. The van der Waals surface area contributed by atoms with Crippen LogP contribution in [0.5, 0.6) is 0 Å². The van der Waals surface area contributed by atoms with Crippen LogP contribution in [0, 0.1) is 5.92 Å². The first-order chi connectivity index (χ1) is 10.6. The van der Waals surface area contributed by atoms with Gasteiger partial charge in [-0.2, -0.15) is 0 Å². The van der Waals surface area contributed by atoms with Crippen molar-refractivity contribution >= 4 is 5.91 Å². The molecule has 1 atom stereocenters. The molecule has 1 amide bonds. The Balaban J connectivity index is 1.94. The molecule has 1 aromatic carbocycles. The Hall–Kier alpha value is -2.24. The van der Waals surface area contributed by atoms with Crippen LogP contribution in [-0.4, -0.2) is 32.2 Å². The minimum Gasteiger partial charge on any atom is -0.350 e. The van der Waals surface area contributed by atoms with Gasteiger partial charge in [0.2, 0.25) is 0 Å². The first-order valence-electron chi connectivity index (χ1n) is 7.70. The van der Waals surface area contributed by atoms with Gasteiger partial charge in [0.1, 0.15) is 6.33 Å². The number of hydrogen-bond acceptors (Lipinski definition) is 4. The van der Waals surface area contributed by atoms with Gasteiger partial charge in [0.05, 0.1) is 5.69 Å². The van der Waals surface area contributed by atoms with Crippen LogP contribution in [0.15, 0.2) is 30.6 Å². The molecule has 22 heavy (non-hydrogen) atoms. The fourth-order valence-corrected chi connectivity index (χ4v) is 2.28. The molecule has 0 spiro atoms. The van der Waals surface area contributed by atoms with Gasteiger partial charge in [0.25, 0.3) is 5.91 Å². The number of carbonyl (C=O) groups is 1. The molecule has 2 aromatic rings. The Morgan fingerprint density at radius 3 is 2.77 bits per heavy atom. The largest absolute Gasteiger partial charge is 0.350 e. The van der Waals surface area contributed by atoms with Crippen LogP contribution in [0.1, 0.15) is 50.4 Å². The van der Waals surface area contributed by atoms with Crippen LogP contribution in [0.3, 0.4) is 0 Å². The van der Waals surface area contributed by atoms with Crippen LogP contribution in [0.4, 0.5) is 0 Å². The second-order valence-corrected chi connectivity index (χ2v) is 6.00. The average molecular weight is 301 g/mol. The first kappa shape index (κ1) is 16.1. The fraction of sp³-hybridized carbons (Fsp3) is 0.500. The number of amides is 1. The number of rotatable bonds is 7. The number of nitrogens with zero attached hydrogens (tertiary/aromatic N) is 4. The van der Waals surface area contributed by atoms with E-state index < -0.39 is 0 Å². The molecule has 6 nitrogen and oxygen atoms in total. The van der Waals surface area contributed by atoms with Crippen LogP contribution < -0.4 is 5.32 Å². The standard InChI is InChI=1S/C16H23N5O/c1-12(2)6-4-7-13(3)18-16(22)14-8-5-9-15(10-14)21-11-17-19-20-21/h5,8-13H,4,6-7H2,1-3H3,(H,18,22)/t13-/m0/s1. The molecule has 1 heterocycles. The van der Waals surface area contributed by atoms with Crippen molar-refractivity contribution in [3.05, 3.63) is 36.2 Å². The van der Waals surface area contributed by atoms with E-state index in [2.05, 4.69) is 34.7 Å². The van der Waals surface area contributed by atoms with E-state index in [0.717, 1.165) is 18.5 Å². The Bertz CT molecular complexity index is 594. The quantitative estimate of drug-likeness (QED) is 0.853. The van der Waals surface area contributed by atoms with Gasteiger partial charge >= 0.3 is 0 Å². The van der Waals surface area contributed by atoms with Gasteiger partial charge < -0.3 is 5.32 Å². The van der Waals surface area contributed by atoms with E-state index in [4.69, 9.17) is 0 Å². The van der Waals surface area contributed by atoms with Crippen molar-refractivity contribution in [2.24, 2.45) is 5.92 Å². The lowest BCUT2D eigenvalue weighted by molar-refractivity contribution is 0.0937. The molecular weight excluding hydrogens is 278 g/mol. The van der Waals surface area contributed by atoms with Crippen molar-refractivity contribution in [3.8, 4) is 5.69 Å². The van der Waals surface area contributed by atoms with Crippen molar-refractivity contribution in [1.82, 2.24) is 25.5 Å². The molecule has 0 aliphatic rings. The lowest BCUT2D eigenvalue weighted by Gasteiger charge is -2.15. The van der Waals surface area contributed by atoms with E-state index in [9.17, 15) is 4.79 Å². The third-order valence-electron chi connectivity index (χ3n) is 3.52. The predicted molar refractivity (Wildman–Crippen MR) is 84.8 cm³/mol. The van der Waals surface area contributed by atoms with Gasteiger partial charge in [-0.25, -0.2) is 4.68 Å². The number of nitrogens with one attached hydrogen (secondary N) is 1. The molecule has 0 fully saturated rings. The molecule has 0 unspecified atom stereocenters. The smallest absolute Gasteiger partial charge is 0.251 e. The van der Waals surface area contributed by atoms with Crippen molar-refractivity contribution in [2.45, 2.75) is 46.1 Å². The molecule has 1 N–H and O–H groups in total. The summed E-state index contributed by atoms with van der Waals surface area (Å²) in [5, 5.41) is 14.1.